The van der Waals surface area contributed by atoms with E-state index < -0.39 is 30.7 Å². The average molecular weight is 451 g/mol. The van der Waals surface area contributed by atoms with Crippen LogP contribution in [0.3, 0.4) is 0 Å². The molecule has 1 aliphatic rings. The maximum Gasteiger partial charge on any atom is 0.187 e. The quantitative estimate of drug-likeness (QED) is 0.493. The molecule has 1 aliphatic heterocycles. The first-order chi connectivity index (χ1) is 16.2. The largest absolute Gasteiger partial charge is 0.387 e. The molecular formula is C27H30O6. The Morgan fingerprint density at radius 3 is 1.64 bits per heavy atom. The van der Waals surface area contributed by atoms with Crippen molar-refractivity contribution in [3.63, 3.8) is 0 Å². The van der Waals surface area contributed by atoms with Gasteiger partial charge in [0.1, 0.15) is 24.4 Å². The third-order valence-electron chi connectivity index (χ3n) is 5.58. The van der Waals surface area contributed by atoms with E-state index in [1.807, 2.05) is 91.0 Å². The average Bonchev–Trinajstić information content (AvgIpc) is 2.87. The fourth-order valence-corrected chi connectivity index (χ4v) is 3.74. The Morgan fingerprint density at radius 1 is 0.606 bits per heavy atom. The molecule has 33 heavy (non-hydrogen) atoms. The molecule has 0 radical (unpaired) electrons. The molecule has 0 bridgehead atoms. The standard InChI is InChI=1S/C27H30O6/c28-24-23(19-30-16-20-10-4-1-5-11-20)33-27(32-18-22-14-8-3-9-15-22)26(25(24)29)31-17-21-12-6-2-7-13-21/h1-15,23-29H,16-19H2/t23?,24-,25-,26?,27+/m0/s1. The number of aliphatic hydroxyl groups is 2. The second kappa shape index (κ2) is 12.0. The topological polar surface area (TPSA) is 77.4 Å². The van der Waals surface area contributed by atoms with Crippen molar-refractivity contribution < 1.29 is 29.2 Å². The minimum Gasteiger partial charge on any atom is -0.387 e. The molecule has 2 unspecified atom stereocenters. The van der Waals surface area contributed by atoms with Crippen LogP contribution in [0.5, 0.6) is 0 Å². The van der Waals surface area contributed by atoms with Crippen LogP contribution in [0.2, 0.25) is 0 Å². The van der Waals surface area contributed by atoms with Gasteiger partial charge in [-0.15, -0.1) is 0 Å². The summed E-state index contributed by atoms with van der Waals surface area (Å²) in [5, 5.41) is 21.6. The Kier molecular flexibility index (Phi) is 8.60. The molecular weight excluding hydrogens is 420 g/mol. The SMILES string of the molecule is O[C@@H]1C(OCc2ccccc2)[C@H](OCc2ccccc2)OC(COCc2ccccc2)[C@@H]1O. The summed E-state index contributed by atoms with van der Waals surface area (Å²) in [5.74, 6) is 0. The van der Waals surface area contributed by atoms with Gasteiger partial charge in [-0.3, -0.25) is 0 Å². The van der Waals surface area contributed by atoms with Crippen LogP contribution in [-0.2, 0) is 38.8 Å². The van der Waals surface area contributed by atoms with Gasteiger partial charge >= 0.3 is 0 Å². The number of hydrogen-bond donors (Lipinski definition) is 2. The van der Waals surface area contributed by atoms with E-state index in [0.29, 0.717) is 6.61 Å². The van der Waals surface area contributed by atoms with E-state index in [2.05, 4.69) is 0 Å². The first kappa shape index (κ1) is 23.6. The van der Waals surface area contributed by atoms with E-state index in [4.69, 9.17) is 18.9 Å². The molecule has 0 saturated carbocycles. The van der Waals surface area contributed by atoms with Gasteiger partial charge in [0, 0.05) is 0 Å². The predicted molar refractivity (Wildman–Crippen MR) is 123 cm³/mol. The molecule has 3 aromatic carbocycles. The van der Waals surface area contributed by atoms with Crippen LogP contribution in [0.1, 0.15) is 16.7 Å². The fourth-order valence-electron chi connectivity index (χ4n) is 3.74. The van der Waals surface area contributed by atoms with Gasteiger partial charge < -0.3 is 29.2 Å². The molecule has 1 saturated heterocycles. The number of hydrogen-bond acceptors (Lipinski definition) is 6. The Balaban J connectivity index is 1.40. The minimum absolute atomic E-state index is 0.115. The van der Waals surface area contributed by atoms with Crippen LogP contribution in [0, 0.1) is 0 Å². The molecule has 5 atom stereocenters. The highest BCUT2D eigenvalue weighted by molar-refractivity contribution is 5.15. The Bertz CT molecular complexity index is 935. The highest BCUT2D eigenvalue weighted by Crippen LogP contribution is 2.27. The summed E-state index contributed by atoms with van der Waals surface area (Å²) in [6, 6.07) is 29.1. The number of ether oxygens (including phenoxy) is 4. The van der Waals surface area contributed by atoms with Crippen molar-refractivity contribution in [3.8, 4) is 0 Å². The molecule has 0 amide bonds. The Morgan fingerprint density at radius 2 is 1.09 bits per heavy atom. The molecule has 2 N–H and O–H groups in total. The predicted octanol–water partition coefficient (Wildman–Crippen LogP) is 3.45. The molecule has 1 heterocycles. The summed E-state index contributed by atoms with van der Waals surface area (Å²) in [7, 11) is 0. The lowest BCUT2D eigenvalue weighted by molar-refractivity contribution is -0.316. The van der Waals surface area contributed by atoms with Crippen molar-refractivity contribution in [2.75, 3.05) is 6.61 Å². The third-order valence-corrected chi connectivity index (χ3v) is 5.58. The van der Waals surface area contributed by atoms with Crippen LogP contribution in [0.4, 0.5) is 0 Å². The third kappa shape index (κ3) is 6.71. The minimum atomic E-state index is -1.19. The van der Waals surface area contributed by atoms with E-state index in [1.54, 1.807) is 0 Å². The van der Waals surface area contributed by atoms with Gasteiger partial charge in [-0.2, -0.15) is 0 Å². The smallest absolute Gasteiger partial charge is 0.187 e. The lowest BCUT2D eigenvalue weighted by Gasteiger charge is -2.42. The molecule has 174 valence electrons. The summed E-state index contributed by atoms with van der Waals surface area (Å²) in [4.78, 5) is 0. The Hall–Kier alpha value is -2.58. The van der Waals surface area contributed by atoms with E-state index >= 15 is 0 Å². The van der Waals surface area contributed by atoms with Crippen LogP contribution in [0.15, 0.2) is 91.0 Å². The molecule has 3 aromatic rings. The zero-order valence-electron chi connectivity index (χ0n) is 18.4. The first-order valence-corrected chi connectivity index (χ1v) is 11.1. The lowest BCUT2D eigenvalue weighted by atomic mass is 9.99. The molecule has 6 nitrogen and oxygen atoms in total. The summed E-state index contributed by atoms with van der Waals surface area (Å²) in [6.45, 7) is 1.05. The van der Waals surface area contributed by atoms with Crippen molar-refractivity contribution in [2.24, 2.45) is 0 Å². The van der Waals surface area contributed by atoms with E-state index in [0.717, 1.165) is 16.7 Å². The zero-order chi connectivity index (χ0) is 22.9. The maximum absolute atomic E-state index is 10.9. The first-order valence-electron chi connectivity index (χ1n) is 11.1. The van der Waals surface area contributed by atoms with Crippen LogP contribution in [-0.4, -0.2) is 47.5 Å². The van der Waals surface area contributed by atoms with Crippen LogP contribution >= 0.6 is 0 Å². The van der Waals surface area contributed by atoms with Crippen molar-refractivity contribution in [1.29, 1.82) is 0 Å². The van der Waals surface area contributed by atoms with Gasteiger partial charge in [-0.25, -0.2) is 0 Å². The second-order valence-electron chi connectivity index (χ2n) is 8.08. The van der Waals surface area contributed by atoms with Crippen molar-refractivity contribution in [2.45, 2.75) is 50.5 Å². The van der Waals surface area contributed by atoms with E-state index in [9.17, 15) is 10.2 Å². The monoisotopic (exact) mass is 450 g/mol. The van der Waals surface area contributed by atoms with Crippen molar-refractivity contribution in [1.82, 2.24) is 0 Å². The van der Waals surface area contributed by atoms with Crippen molar-refractivity contribution in [3.05, 3.63) is 108 Å². The van der Waals surface area contributed by atoms with Gasteiger partial charge in [0.2, 0.25) is 0 Å². The van der Waals surface area contributed by atoms with E-state index in [1.165, 1.54) is 0 Å². The normalized spacial score (nSPS) is 25.1. The van der Waals surface area contributed by atoms with Crippen LogP contribution < -0.4 is 0 Å². The molecule has 0 spiro atoms. The van der Waals surface area contributed by atoms with Crippen molar-refractivity contribution >= 4 is 0 Å². The maximum atomic E-state index is 10.9. The molecule has 4 rings (SSSR count). The molecule has 6 heteroatoms. The second-order valence-corrected chi connectivity index (χ2v) is 8.08. The Labute approximate surface area is 194 Å². The van der Waals surface area contributed by atoms with Gasteiger partial charge in [-0.05, 0) is 16.7 Å². The highest BCUT2D eigenvalue weighted by atomic mass is 16.7. The fraction of sp³-hybridized carbons (Fsp3) is 0.333. The van der Waals surface area contributed by atoms with Crippen LogP contribution in [0.25, 0.3) is 0 Å². The summed E-state index contributed by atoms with van der Waals surface area (Å²) >= 11 is 0. The number of aliphatic hydroxyl groups excluding tert-OH is 2. The molecule has 0 aliphatic carbocycles. The lowest BCUT2D eigenvalue weighted by Crippen LogP contribution is -2.60. The summed E-state index contributed by atoms with van der Waals surface area (Å²) in [5.41, 5.74) is 2.94. The van der Waals surface area contributed by atoms with E-state index in [-0.39, 0.29) is 19.8 Å². The number of benzene rings is 3. The molecule has 1 fully saturated rings. The molecule has 0 aromatic heterocycles. The number of rotatable bonds is 10. The zero-order valence-corrected chi connectivity index (χ0v) is 18.4. The van der Waals surface area contributed by atoms with Gasteiger partial charge in [-0.1, -0.05) is 91.0 Å². The highest BCUT2D eigenvalue weighted by Gasteiger charge is 2.46. The van der Waals surface area contributed by atoms with Gasteiger partial charge in [0.15, 0.2) is 6.29 Å². The van der Waals surface area contributed by atoms with Gasteiger partial charge in [0.05, 0.1) is 26.4 Å². The summed E-state index contributed by atoms with van der Waals surface area (Å²) in [6.07, 6.45) is -4.82. The summed E-state index contributed by atoms with van der Waals surface area (Å²) < 4.78 is 23.8. The van der Waals surface area contributed by atoms with Gasteiger partial charge in [0.25, 0.3) is 0 Å².